The van der Waals surface area contributed by atoms with Crippen LogP contribution < -0.4 is 5.32 Å². The minimum Gasteiger partial charge on any atom is -0.349 e. The molecule has 1 aromatic carbocycles. The van der Waals surface area contributed by atoms with Gasteiger partial charge in [0, 0.05) is 32.4 Å². The Morgan fingerprint density at radius 3 is 3.13 bits per heavy atom. The van der Waals surface area contributed by atoms with Gasteiger partial charge in [-0.05, 0) is 24.6 Å². The maximum absolute atomic E-state index is 12.4. The van der Waals surface area contributed by atoms with E-state index in [0.29, 0.717) is 19.5 Å². The Labute approximate surface area is 134 Å². The molecule has 1 aliphatic rings. The van der Waals surface area contributed by atoms with Crippen molar-refractivity contribution in [3.8, 4) is 0 Å². The van der Waals surface area contributed by atoms with E-state index >= 15 is 0 Å². The second-order valence-corrected chi connectivity index (χ2v) is 6.19. The monoisotopic (exact) mass is 309 g/mol. The van der Waals surface area contributed by atoms with Crippen molar-refractivity contribution in [2.24, 2.45) is 13.0 Å². The molecule has 0 saturated carbocycles. The zero-order valence-corrected chi connectivity index (χ0v) is 13.3. The number of carbonyl (C=O) groups is 1. The standard InChI is InChI=1S/C17H19N5O/c1-11-3-4-14-13(7-11)20-16(21(14)2)9-19-17(23)12-8-15-18-5-6-22(15)10-12/h3-7,12H,8-10H2,1-2H3,(H,19,23). The highest BCUT2D eigenvalue weighted by atomic mass is 16.1. The quantitative estimate of drug-likeness (QED) is 0.798. The number of hydrogen-bond donors (Lipinski definition) is 1. The van der Waals surface area contributed by atoms with Gasteiger partial charge in [-0.2, -0.15) is 0 Å². The van der Waals surface area contributed by atoms with Crippen LogP contribution in [0.25, 0.3) is 11.0 Å². The summed E-state index contributed by atoms with van der Waals surface area (Å²) in [7, 11) is 1.98. The molecule has 4 rings (SSSR count). The van der Waals surface area contributed by atoms with Gasteiger partial charge in [0.15, 0.2) is 0 Å². The SMILES string of the molecule is Cc1ccc2c(c1)nc(CNC(=O)C1Cc3nccn3C1)n2C. The predicted molar refractivity (Wildman–Crippen MR) is 86.7 cm³/mol. The molecule has 1 atom stereocenters. The normalized spacial score (nSPS) is 16.7. The molecular formula is C17H19N5O. The average Bonchev–Trinajstić information content (AvgIpc) is 3.18. The van der Waals surface area contributed by atoms with Crippen LogP contribution >= 0.6 is 0 Å². The molecule has 3 aromatic rings. The Bertz CT molecular complexity index is 871. The number of nitrogens with one attached hydrogen (secondary N) is 1. The van der Waals surface area contributed by atoms with E-state index in [1.54, 1.807) is 6.20 Å². The number of carbonyl (C=O) groups excluding carboxylic acids is 1. The minimum atomic E-state index is -0.0318. The Morgan fingerprint density at radius 1 is 1.43 bits per heavy atom. The smallest absolute Gasteiger partial charge is 0.225 e. The van der Waals surface area contributed by atoms with Crippen molar-refractivity contribution in [3.05, 3.63) is 47.8 Å². The molecule has 0 fully saturated rings. The highest BCUT2D eigenvalue weighted by molar-refractivity contribution is 5.80. The van der Waals surface area contributed by atoms with Crippen molar-refractivity contribution < 1.29 is 4.79 Å². The Balaban J connectivity index is 1.46. The summed E-state index contributed by atoms with van der Waals surface area (Å²) in [5.41, 5.74) is 3.24. The van der Waals surface area contributed by atoms with E-state index in [2.05, 4.69) is 40.4 Å². The van der Waals surface area contributed by atoms with Gasteiger partial charge in [-0.15, -0.1) is 0 Å². The lowest BCUT2D eigenvalue weighted by Gasteiger charge is -2.10. The molecule has 0 aliphatic carbocycles. The van der Waals surface area contributed by atoms with E-state index in [4.69, 9.17) is 0 Å². The summed E-state index contributed by atoms with van der Waals surface area (Å²) in [5, 5.41) is 3.02. The highest BCUT2D eigenvalue weighted by Gasteiger charge is 2.27. The number of aromatic nitrogens is 4. The molecule has 2 aromatic heterocycles. The van der Waals surface area contributed by atoms with Crippen LogP contribution in [0.4, 0.5) is 0 Å². The number of amides is 1. The first-order chi connectivity index (χ1) is 11.1. The number of hydrogen-bond acceptors (Lipinski definition) is 3. The van der Waals surface area contributed by atoms with Crippen LogP contribution in [0.2, 0.25) is 0 Å². The molecule has 118 valence electrons. The molecule has 1 unspecified atom stereocenters. The summed E-state index contributed by atoms with van der Waals surface area (Å²) in [5.74, 6) is 1.90. The largest absolute Gasteiger partial charge is 0.349 e. The van der Waals surface area contributed by atoms with Gasteiger partial charge in [-0.25, -0.2) is 9.97 Å². The van der Waals surface area contributed by atoms with Gasteiger partial charge in [0.1, 0.15) is 11.6 Å². The third-order valence-electron chi connectivity index (χ3n) is 4.57. The van der Waals surface area contributed by atoms with Gasteiger partial charge in [-0.3, -0.25) is 4.79 Å². The number of benzene rings is 1. The van der Waals surface area contributed by atoms with E-state index < -0.39 is 0 Å². The number of rotatable bonds is 3. The highest BCUT2D eigenvalue weighted by Crippen LogP contribution is 2.19. The fraction of sp³-hybridized carbons (Fsp3) is 0.353. The van der Waals surface area contributed by atoms with Crippen LogP contribution in [0, 0.1) is 12.8 Å². The zero-order chi connectivity index (χ0) is 16.0. The van der Waals surface area contributed by atoms with Gasteiger partial charge < -0.3 is 14.5 Å². The molecule has 23 heavy (non-hydrogen) atoms. The van der Waals surface area contributed by atoms with Gasteiger partial charge in [0.2, 0.25) is 5.91 Å². The number of nitrogens with zero attached hydrogens (tertiary/aromatic N) is 4. The lowest BCUT2D eigenvalue weighted by molar-refractivity contribution is -0.125. The number of aryl methyl sites for hydroxylation is 2. The molecular weight excluding hydrogens is 290 g/mol. The van der Waals surface area contributed by atoms with Crippen LogP contribution in [0.15, 0.2) is 30.6 Å². The van der Waals surface area contributed by atoms with E-state index in [0.717, 1.165) is 22.7 Å². The molecule has 0 saturated heterocycles. The first-order valence-electron chi connectivity index (χ1n) is 7.81. The molecule has 1 amide bonds. The third-order valence-corrected chi connectivity index (χ3v) is 4.57. The summed E-state index contributed by atoms with van der Waals surface area (Å²) in [6, 6.07) is 6.21. The van der Waals surface area contributed by atoms with Crippen molar-refractivity contribution in [2.75, 3.05) is 0 Å². The molecule has 1 aliphatic heterocycles. The summed E-state index contributed by atoms with van der Waals surface area (Å²) in [4.78, 5) is 21.3. The van der Waals surface area contributed by atoms with Crippen molar-refractivity contribution in [3.63, 3.8) is 0 Å². The molecule has 0 bridgehead atoms. The van der Waals surface area contributed by atoms with E-state index in [9.17, 15) is 4.79 Å². The lowest BCUT2D eigenvalue weighted by atomic mass is 10.1. The van der Waals surface area contributed by atoms with E-state index in [1.165, 1.54) is 5.56 Å². The Hall–Kier alpha value is -2.63. The average molecular weight is 309 g/mol. The van der Waals surface area contributed by atoms with Crippen LogP contribution in [0.5, 0.6) is 0 Å². The third kappa shape index (κ3) is 2.40. The van der Waals surface area contributed by atoms with Crippen LogP contribution in [0.3, 0.4) is 0 Å². The predicted octanol–water partition coefficient (Wildman–Crippen LogP) is 1.57. The molecule has 1 N–H and O–H groups in total. The number of fused-ring (bicyclic) bond motifs is 2. The maximum Gasteiger partial charge on any atom is 0.225 e. The summed E-state index contributed by atoms with van der Waals surface area (Å²) in [6.45, 7) is 3.21. The first kappa shape index (κ1) is 14.0. The minimum absolute atomic E-state index is 0.0318. The summed E-state index contributed by atoms with van der Waals surface area (Å²) < 4.78 is 4.08. The van der Waals surface area contributed by atoms with Gasteiger partial charge in [0.05, 0.1) is 23.5 Å². The molecule has 0 spiro atoms. The van der Waals surface area contributed by atoms with Crippen molar-refractivity contribution >= 4 is 16.9 Å². The second kappa shape index (κ2) is 5.22. The fourth-order valence-electron chi connectivity index (χ4n) is 3.22. The fourth-order valence-corrected chi connectivity index (χ4v) is 3.22. The van der Waals surface area contributed by atoms with E-state index in [1.807, 2.05) is 22.4 Å². The second-order valence-electron chi connectivity index (χ2n) is 6.19. The number of imidazole rings is 2. The topological polar surface area (TPSA) is 64.7 Å². The Morgan fingerprint density at radius 2 is 2.30 bits per heavy atom. The van der Waals surface area contributed by atoms with Crippen molar-refractivity contribution in [2.45, 2.75) is 26.4 Å². The van der Waals surface area contributed by atoms with Gasteiger partial charge >= 0.3 is 0 Å². The van der Waals surface area contributed by atoms with Crippen molar-refractivity contribution in [1.29, 1.82) is 0 Å². The van der Waals surface area contributed by atoms with Gasteiger partial charge in [0.25, 0.3) is 0 Å². The van der Waals surface area contributed by atoms with Crippen LogP contribution in [-0.4, -0.2) is 25.0 Å². The Kier molecular flexibility index (Phi) is 3.18. The van der Waals surface area contributed by atoms with Crippen LogP contribution in [0.1, 0.15) is 17.2 Å². The van der Waals surface area contributed by atoms with Gasteiger partial charge in [-0.1, -0.05) is 6.07 Å². The zero-order valence-electron chi connectivity index (χ0n) is 13.3. The molecule has 0 radical (unpaired) electrons. The molecule has 3 heterocycles. The van der Waals surface area contributed by atoms with Crippen molar-refractivity contribution in [1.82, 2.24) is 24.4 Å². The molecule has 6 heteroatoms. The summed E-state index contributed by atoms with van der Waals surface area (Å²) in [6.07, 6.45) is 4.42. The first-order valence-corrected chi connectivity index (χ1v) is 7.81. The molecule has 6 nitrogen and oxygen atoms in total. The maximum atomic E-state index is 12.4. The van der Waals surface area contributed by atoms with E-state index in [-0.39, 0.29) is 11.8 Å². The van der Waals surface area contributed by atoms with Crippen LogP contribution in [-0.2, 0) is 31.4 Å². The summed E-state index contributed by atoms with van der Waals surface area (Å²) >= 11 is 0. The lowest BCUT2D eigenvalue weighted by Crippen LogP contribution is -2.32.